The number of nitrogens with one attached hydrogen (secondary N) is 1. The molecule has 4 nitrogen and oxygen atoms in total. The molecule has 4 heteroatoms. The lowest BCUT2D eigenvalue weighted by molar-refractivity contribution is -0.121. The van der Waals surface area contributed by atoms with Gasteiger partial charge in [-0.2, -0.15) is 5.26 Å². The molecule has 0 aliphatic carbocycles. The molecular formula is C12H16N2O2. The first-order valence-electron chi connectivity index (χ1n) is 5.35. The normalized spacial score (nSPS) is 12.1. The van der Waals surface area contributed by atoms with Gasteiger partial charge in [0.05, 0.1) is 12.3 Å². The maximum atomic E-state index is 11.5. The zero-order chi connectivity index (χ0) is 12.0. The molecule has 1 amide bonds. The highest BCUT2D eigenvalue weighted by Gasteiger charge is 2.14. The van der Waals surface area contributed by atoms with Crippen LogP contribution in [0, 0.1) is 17.2 Å². The van der Waals surface area contributed by atoms with E-state index in [4.69, 9.17) is 9.68 Å². The molecule has 16 heavy (non-hydrogen) atoms. The summed E-state index contributed by atoms with van der Waals surface area (Å²) in [4.78, 5) is 11.5. The molecule has 1 N–H and O–H groups in total. The van der Waals surface area contributed by atoms with E-state index >= 15 is 0 Å². The average molecular weight is 220 g/mol. The van der Waals surface area contributed by atoms with Gasteiger partial charge in [-0.1, -0.05) is 13.8 Å². The van der Waals surface area contributed by atoms with Crippen LogP contribution in [-0.4, -0.2) is 11.9 Å². The number of nitriles is 1. The van der Waals surface area contributed by atoms with Crippen molar-refractivity contribution in [1.82, 2.24) is 5.32 Å². The molecule has 1 aromatic heterocycles. The third kappa shape index (κ3) is 3.77. The smallest absolute Gasteiger partial charge is 0.221 e. The Bertz CT molecular complexity index is 363. The number of nitrogens with zero attached hydrogens (tertiary/aromatic N) is 1. The maximum absolute atomic E-state index is 11.5. The summed E-state index contributed by atoms with van der Waals surface area (Å²) in [7, 11) is 0. The number of carbonyl (C=O) groups is 1. The molecule has 1 aromatic rings. The zero-order valence-corrected chi connectivity index (χ0v) is 9.56. The van der Waals surface area contributed by atoms with E-state index in [-0.39, 0.29) is 11.8 Å². The van der Waals surface area contributed by atoms with Gasteiger partial charge in [-0.3, -0.25) is 4.79 Å². The molecular weight excluding hydrogens is 204 g/mol. The summed E-state index contributed by atoms with van der Waals surface area (Å²) in [5.41, 5.74) is 0. The lowest BCUT2D eigenvalue weighted by Crippen LogP contribution is -2.37. The van der Waals surface area contributed by atoms with Crippen LogP contribution in [0.5, 0.6) is 0 Å². The van der Waals surface area contributed by atoms with Crippen LogP contribution >= 0.6 is 0 Å². The highest BCUT2D eigenvalue weighted by Crippen LogP contribution is 2.05. The minimum Gasteiger partial charge on any atom is -0.469 e. The van der Waals surface area contributed by atoms with E-state index in [0.717, 1.165) is 5.76 Å². The number of amides is 1. The second-order valence-corrected chi connectivity index (χ2v) is 4.00. The molecule has 0 saturated carbocycles. The van der Waals surface area contributed by atoms with Crippen LogP contribution in [0.4, 0.5) is 0 Å². The minimum atomic E-state index is -0.413. The van der Waals surface area contributed by atoms with Crippen molar-refractivity contribution in [2.45, 2.75) is 32.7 Å². The summed E-state index contributed by atoms with van der Waals surface area (Å²) in [5, 5.41) is 11.5. The molecule has 0 spiro atoms. The van der Waals surface area contributed by atoms with E-state index in [0.29, 0.717) is 12.8 Å². The molecule has 1 atom stereocenters. The molecule has 0 aromatic carbocycles. The molecule has 1 heterocycles. The van der Waals surface area contributed by atoms with Crippen molar-refractivity contribution in [2.75, 3.05) is 0 Å². The average Bonchev–Trinajstić information content (AvgIpc) is 2.75. The Labute approximate surface area is 95.2 Å². The van der Waals surface area contributed by atoms with Gasteiger partial charge in [-0.05, 0) is 18.1 Å². The number of carbonyl (C=O) groups excluding carboxylic acids is 1. The summed E-state index contributed by atoms with van der Waals surface area (Å²) in [6, 6.07) is 5.28. The van der Waals surface area contributed by atoms with Crippen molar-refractivity contribution >= 4 is 5.91 Å². The van der Waals surface area contributed by atoms with Crippen LogP contribution in [0.2, 0.25) is 0 Å². The Morgan fingerprint density at radius 3 is 2.88 bits per heavy atom. The van der Waals surface area contributed by atoms with Crippen molar-refractivity contribution in [1.29, 1.82) is 5.26 Å². The Hall–Kier alpha value is -1.76. The predicted molar refractivity (Wildman–Crippen MR) is 59.4 cm³/mol. The van der Waals surface area contributed by atoms with Crippen LogP contribution in [0.25, 0.3) is 0 Å². The molecule has 0 bridgehead atoms. The van der Waals surface area contributed by atoms with E-state index in [1.54, 1.807) is 12.3 Å². The van der Waals surface area contributed by atoms with E-state index < -0.39 is 6.04 Å². The second-order valence-electron chi connectivity index (χ2n) is 4.00. The molecule has 86 valence electrons. The first-order chi connectivity index (χ1) is 7.63. The Balaban J connectivity index is 2.33. The van der Waals surface area contributed by atoms with Crippen LogP contribution in [0.1, 0.15) is 26.0 Å². The van der Waals surface area contributed by atoms with E-state index in [2.05, 4.69) is 11.4 Å². The Morgan fingerprint density at radius 2 is 2.38 bits per heavy atom. The first kappa shape index (κ1) is 12.3. The van der Waals surface area contributed by atoms with Crippen LogP contribution < -0.4 is 5.32 Å². The maximum Gasteiger partial charge on any atom is 0.221 e. The summed E-state index contributed by atoms with van der Waals surface area (Å²) in [6.07, 6.45) is 2.49. The van der Waals surface area contributed by atoms with Gasteiger partial charge >= 0.3 is 0 Å². The van der Waals surface area contributed by atoms with Gasteiger partial charge in [0.25, 0.3) is 0 Å². The largest absolute Gasteiger partial charge is 0.469 e. The van der Waals surface area contributed by atoms with Crippen molar-refractivity contribution in [3.05, 3.63) is 24.2 Å². The van der Waals surface area contributed by atoms with E-state index in [1.807, 2.05) is 19.9 Å². The van der Waals surface area contributed by atoms with Crippen molar-refractivity contribution in [2.24, 2.45) is 5.92 Å². The summed E-state index contributed by atoms with van der Waals surface area (Å²) in [6.45, 7) is 3.81. The SMILES string of the molecule is CC(C)C(C#N)NC(=O)CCc1ccco1. The van der Waals surface area contributed by atoms with Gasteiger partial charge in [0.2, 0.25) is 5.91 Å². The molecule has 0 fully saturated rings. The number of aryl methyl sites for hydroxylation is 1. The van der Waals surface area contributed by atoms with Gasteiger partial charge in [0.15, 0.2) is 0 Å². The second kappa shape index (κ2) is 5.96. The summed E-state index contributed by atoms with van der Waals surface area (Å²) < 4.78 is 5.12. The third-order valence-corrected chi connectivity index (χ3v) is 2.30. The van der Waals surface area contributed by atoms with E-state index in [9.17, 15) is 4.79 Å². The molecule has 0 aliphatic rings. The highest BCUT2D eigenvalue weighted by molar-refractivity contribution is 5.76. The Morgan fingerprint density at radius 1 is 1.62 bits per heavy atom. The number of hydrogen-bond donors (Lipinski definition) is 1. The van der Waals surface area contributed by atoms with E-state index in [1.165, 1.54) is 0 Å². The van der Waals surface area contributed by atoms with Crippen LogP contribution in [0.3, 0.4) is 0 Å². The van der Waals surface area contributed by atoms with Crippen molar-refractivity contribution < 1.29 is 9.21 Å². The van der Waals surface area contributed by atoms with Gasteiger partial charge in [0, 0.05) is 12.8 Å². The summed E-state index contributed by atoms with van der Waals surface area (Å²) >= 11 is 0. The van der Waals surface area contributed by atoms with Gasteiger partial charge < -0.3 is 9.73 Å². The monoisotopic (exact) mass is 220 g/mol. The molecule has 1 rings (SSSR count). The van der Waals surface area contributed by atoms with Crippen LogP contribution in [0.15, 0.2) is 22.8 Å². The summed E-state index contributed by atoms with van der Waals surface area (Å²) in [5.74, 6) is 0.794. The van der Waals surface area contributed by atoms with Gasteiger partial charge in [-0.25, -0.2) is 0 Å². The predicted octanol–water partition coefficient (Wildman–Crippen LogP) is 1.88. The molecule has 1 unspecified atom stereocenters. The molecule has 0 saturated heterocycles. The fourth-order valence-corrected chi connectivity index (χ4v) is 1.29. The first-order valence-corrected chi connectivity index (χ1v) is 5.35. The van der Waals surface area contributed by atoms with Crippen LogP contribution in [-0.2, 0) is 11.2 Å². The fraction of sp³-hybridized carbons (Fsp3) is 0.500. The van der Waals surface area contributed by atoms with Crippen molar-refractivity contribution in [3.8, 4) is 6.07 Å². The topological polar surface area (TPSA) is 66.0 Å². The lowest BCUT2D eigenvalue weighted by Gasteiger charge is -2.14. The number of furan rings is 1. The van der Waals surface area contributed by atoms with Gasteiger partial charge in [0.1, 0.15) is 11.8 Å². The standard InChI is InChI=1S/C12H16N2O2/c1-9(2)11(8-13)14-12(15)6-5-10-4-3-7-16-10/h3-4,7,9,11H,5-6H2,1-2H3,(H,14,15). The third-order valence-electron chi connectivity index (χ3n) is 2.30. The quantitative estimate of drug-likeness (QED) is 0.823. The Kier molecular flexibility index (Phi) is 4.59. The van der Waals surface area contributed by atoms with Crippen molar-refractivity contribution in [3.63, 3.8) is 0 Å². The minimum absolute atomic E-state index is 0.114. The fourth-order valence-electron chi connectivity index (χ4n) is 1.29. The molecule has 0 radical (unpaired) electrons. The number of hydrogen-bond acceptors (Lipinski definition) is 3. The highest BCUT2D eigenvalue weighted by atomic mass is 16.3. The lowest BCUT2D eigenvalue weighted by atomic mass is 10.1. The zero-order valence-electron chi connectivity index (χ0n) is 9.56. The molecule has 0 aliphatic heterocycles. The van der Waals surface area contributed by atoms with Gasteiger partial charge in [-0.15, -0.1) is 0 Å². The number of rotatable bonds is 5.